The van der Waals surface area contributed by atoms with Crippen LogP contribution in [0.5, 0.6) is 0 Å². The smallest absolute Gasteiger partial charge is 0.408 e. The molecule has 0 saturated carbocycles. The van der Waals surface area contributed by atoms with Crippen molar-refractivity contribution in [3.05, 3.63) is 0 Å². The molecule has 1 atom stereocenters. The zero-order valence-electron chi connectivity index (χ0n) is 9.44. The summed E-state index contributed by atoms with van der Waals surface area (Å²) in [5, 5.41) is 9.03. The van der Waals surface area contributed by atoms with Gasteiger partial charge in [-0.2, -0.15) is 0 Å². The second-order valence-corrected chi connectivity index (χ2v) is 4.69. The lowest BCUT2D eigenvalue weighted by Crippen LogP contribution is -2.53. The molecular weight excluding hydrogens is 182 g/mol. The van der Waals surface area contributed by atoms with Gasteiger partial charge in [-0.25, -0.2) is 4.79 Å². The van der Waals surface area contributed by atoms with E-state index in [9.17, 15) is 9.59 Å². The standard InChI is InChI=1S/C10H19NO3/c1-7(2)8(6-12)11(9(13)14)10(3,4)5/h6-8H,1-5H3,(H,13,14). The normalized spacial score (nSPS) is 13.9. The van der Waals surface area contributed by atoms with Crippen LogP contribution in [-0.2, 0) is 4.79 Å². The van der Waals surface area contributed by atoms with E-state index in [1.165, 1.54) is 4.90 Å². The molecule has 1 unspecified atom stereocenters. The number of nitrogens with zero attached hydrogens (tertiary/aromatic N) is 1. The highest BCUT2D eigenvalue weighted by atomic mass is 16.4. The van der Waals surface area contributed by atoms with Crippen LogP contribution in [0, 0.1) is 5.92 Å². The molecule has 0 aromatic rings. The molecule has 0 aromatic carbocycles. The molecule has 0 aliphatic carbocycles. The third kappa shape index (κ3) is 3.01. The summed E-state index contributed by atoms with van der Waals surface area (Å²) in [6, 6.07) is -0.576. The Kier molecular flexibility index (Phi) is 4.10. The lowest BCUT2D eigenvalue weighted by Gasteiger charge is -2.38. The lowest BCUT2D eigenvalue weighted by molar-refractivity contribution is -0.115. The quantitative estimate of drug-likeness (QED) is 0.710. The van der Waals surface area contributed by atoms with Gasteiger partial charge in [0.2, 0.25) is 0 Å². The third-order valence-electron chi connectivity index (χ3n) is 2.05. The Bertz CT molecular complexity index is 218. The van der Waals surface area contributed by atoms with Crippen LogP contribution >= 0.6 is 0 Å². The molecule has 4 nitrogen and oxygen atoms in total. The summed E-state index contributed by atoms with van der Waals surface area (Å²) >= 11 is 0. The van der Waals surface area contributed by atoms with Gasteiger partial charge in [-0.05, 0) is 26.7 Å². The summed E-state index contributed by atoms with van der Waals surface area (Å²) in [5.74, 6) is -0.0113. The van der Waals surface area contributed by atoms with Gasteiger partial charge in [0.05, 0.1) is 6.04 Å². The van der Waals surface area contributed by atoms with Crippen molar-refractivity contribution in [3.63, 3.8) is 0 Å². The Labute approximate surface area is 84.9 Å². The van der Waals surface area contributed by atoms with Gasteiger partial charge < -0.3 is 9.90 Å². The first kappa shape index (κ1) is 12.9. The Morgan fingerprint density at radius 2 is 1.79 bits per heavy atom. The van der Waals surface area contributed by atoms with E-state index in [-0.39, 0.29) is 5.92 Å². The maximum atomic E-state index is 11.0. The number of carbonyl (C=O) groups excluding carboxylic acids is 1. The van der Waals surface area contributed by atoms with E-state index in [0.29, 0.717) is 6.29 Å². The molecule has 0 spiro atoms. The van der Waals surface area contributed by atoms with Gasteiger partial charge >= 0.3 is 6.09 Å². The van der Waals surface area contributed by atoms with Crippen molar-refractivity contribution in [2.24, 2.45) is 5.92 Å². The van der Waals surface area contributed by atoms with Crippen LogP contribution in [-0.4, -0.2) is 34.0 Å². The minimum atomic E-state index is -1.05. The first-order valence-corrected chi connectivity index (χ1v) is 4.69. The molecule has 0 fully saturated rings. The summed E-state index contributed by atoms with van der Waals surface area (Å²) < 4.78 is 0. The summed E-state index contributed by atoms with van der Waals surface area (Å²) in [7, 11) is 0. The monoisotopic (exact) mass is 201 g/mol. The molecule has 1 N–H and O–H groups in total. The Morgan fingerprint density at radius 3 is 1.86 bits per heavy atom. The van der Waals surface area contributed by atoms with E-state index in [2.05, 4.69) is 0 Å². The van der Waals surface area contributed by atoms with Crippen LogP contribution in [0.2, 0.25) is 0 Å². The van der Waals surface area contributed by atoms with E-state index in [1.54, 1.807) is 20.8 Å². The van der Waals surface area contributed by atoms with Crippen LogP contribution in [0.25, 0.3) is 0 Å². The molecule has 0 radical (unpaired) electrons. The van der Waals surface area contributed by atoms with Gasteiger partial charge in [-0.1, -0.05) is 13.8 Å². The maximum Gasteiger partial charge on any atom is 0.408 e. The molecule has 0 bridgehead atoms. The second kappa shape index (κ2) is 4.44. The van der Waals surface area contributed by atoms with Gasteiger partial charge in [0.1, 0.15) is 6.29 Å². The Hall–Kier alpha value is -1.06. The highest BCUT2D eigenvalue weighted by Gasteiger charge is 2.34. The fourth-order valence-electron chi connectivity index (χ4n) is 1.38. The molecule has 0 saturated heterocycles. The lowest BCUT2D eigenvalue weighted by atomic mass is 9.97. The molecule has 0 heterocycles. The minimum absolute atomic E-state index is 0.0113. The second-order valence-electron chi connectivity index (χ2n) is 4.69. The van der Waals surface area contributed by atoms with Crippen LogP contribution in [0.1, 0.15) is 34.6 Å². The molecule has 1 amide bonds. The number of carbonyl (C=O) groups is 2. The van der Waals surface area contributed by atoms with Crippen molar-refractivity contribution in [3.8, 4) is 0 Å². The van der Waals surface area contributed by atoms with E-state index < -0.39 is 17.7 Å². The number of amides is 1. The van der Waals surface area contributed by atoms with Gasteiger partial charge in [0, 0.05) is 5.54 Å². The zero-order chi connectivity index (χ0) is 11.5. The van der Waals surface area contributed by atoms with Crippen molar-refractivity contribution in [2.45, 2.75) is 46.2 Å². The van der Waals surface area contributed by atoms with E-state index in [0.717, 1.165) is 0 Å². The number of hydrogen-bond donors (Lipinski definition) is 1. The Balaban J connectivity index is 4.99. The Morgan fingerprint density at radius 1 is 1.36 bits per heavy atom. The largest absolute Gasteiger partial charge is 0.465 e. The third-order valence-corrected chi connectivity index (χ3v) is 2.05. The van der Waals surface area contributed by atoms with Crippen molar-refractivity contribution in [2.75, 3.05) is 0 Å². The molecule has 14 heavy (non-hydrogen) atoms. The van der Waals surface area contributed by atoms with Crippen LogP contribution < -0.4 is 0 Å². The molecule has 0 aromatic heterocycles. The van der Waals surface area contributed by atoms with E-state index in [1.807, 2.05) is 13.8 Å². The molecule has 4 heteroatoms. The van der Waals surface area contributed by atoms with Crippen molar-refractivity contribution >= 4 is 12.4 Å². The highest BCUT2D eigenvalue weighted by molar-refractivity contribution is 5.72. The van der Waals surface area contributed by atoms with Crippen LogP contribution in [0.3, 0.4) is 0 Å². The van der Waals surface area contributed by atoms with E-state index >= 15 is 0 Å². The maximum absolute atomic E-state index is 11.0. The molecule has 0 aliphatic rings. The average Bonchev–Trinajstić information content (AvgIpc) is 1.95. The fourth-order valence-corrected chi connectivity index (χ4v) is 1.38. The van der Waals surface area contributed by atoms with Gasteiger partial charge in [0.25, 0.3) is 0 Å². The molecule has 0 rings (SSSR count). The number of hydrogen-bond acceptors (Lipinski definition) is 2. The first-order chi connectivity index (χ1) is 6.21. The average molecular weight is 201 g/mol. The predicted octanol–water partition coefficient (Wildman–Crippen LogP) is 1.99. The van der Waals surface area contributed by atoms with Crippen molar-refractivity contribution < 1.29 is 14.7 Å². The summed E-state index contributed by atoms with van der Waals surface area (Å²) in [6.07, 6.45) is -0.354. The first-order valence-electron chi connectivity index (χ1n) is 4.69. The minimum Gasteiger partial charge on any atom is -0.465 e. The van der Waals surface area contributed by atoms with Crippen LogP contribution in [0.4, 0.5) is 4.79 Å². The van der Waals surface area contributed by atoms with E-state index in [4.69, 9.17) is 5.11 Å². The molecule has 82 valence electrons. The fraction of sp³-hybridized carbons (Fsp3) is 0.800. The van der Waals surface area contributed by atoms with Gasteiger partial charge in [-0.3, -0.25) is 4.90 Å². The SMILES string of the molecule is CC(C)C(C=O)N(C(=O)O)C(C)(C)C. The number of rotatable bonds is 3. The number of carboxylic acid groups (broad SMARTS) is 1. The zero-order valence-corrected chi connectivity index (χ0v) is 9.44. The number of aldehydes is 1. The van der Waals surface area contributed by atoms with Gasteiger partial charge in [0.15, 0.2) is 0 Å². The van der Waals surface area contributed by atoms with Crippen molar-refractivity contribution in [1.82, 2.24) is 4.90 Å². The predicted molar refractivity (Wildman–Crippen MR) is 54.3 cm³/mol. The van der Waals surface area contributed by atoms with Crippen LogP contribution in [0.15, 0.2) is 0 Å². The summed E-state index contributed by atoms with van der Waals surface area (Å²) in [6.45, 7) is 9.00. The summed E-state index contributed by atoms with van der Waals surface area (Å²) in [5.41, 5.74) is -0.554. The van der Waals surface area contributed by atoms with Gasteiger partial charge in [-0.15, -0.1) is 0 Å². The molecule has 0 aliphatic heterocycles. The molecular formula is C10H19NO3. The topological polar surface area (TPSA) is 57.6 Å². The summed E-state index contributed by atoms with van der Waals surface area (Å²) in [4.78, 5) is 23.1. The van der Waals surface area contributed by atoms with Crippen molar-refractivity contribution in [1.29, 1.82) is 0 Å². The highest BCUT2D eigenvalue weighted by Crippen LogP contribution is 2.20.